The molecule has 2 N–H and O–H groups in total. The number of rotatable bonds is 5. The van der Waals surface area contributed by atoms with Gasteiger partial charge in [-0.25, -0.2) is 8.78 Å². The highest BCUT2D eigenvalue weighted by Gasteiger charge is 2.68. The number of carboxylic acids is 1. The molecule has 3 unspecified atom stereocenters. The zero-order chi connectivity index (χ0) is 19.3. The lowest BCUT2D eigenvalue weighted by Gasteiger charge is -2.68. The molecule has 3 atom stereocenters. The molecule has 5 saturated carbocycles. The van der Waals surface area contributed by atoms with E-state index in [1.54, 1.807) is 12.3 Å². The zero-order valence-electron chi connectivity index (χ0n) is 15.9. The Kier molecular flexibility index (Phi) is 3.20. The molecule has 5 aliphatic carbocycles. The minimum atomic E-state index is -2.63. The first-order valence-electron chi connectivity index (χ1n) is 9.87. The van der Waals surface area contributed by atoms with Gasteiger partial charge in [-0.05, 0) is 55.4 Å². The lowest BCUT2D eigenvalue weighted by atomic mass is 9.38. The van der Waals surface area contributed by atoms with E-state index < -0.39 is 23.3 Å². The molecular weight excluding hydrogens is 352 g/mol. The van der Waals surface area contributed by atoms with E-state index in [2.05, 4.69) is 24.3 Å². The van der Waals surface area contributed by atoms with Gasteiger partial charge in [0.1, 0.15) is 6.04 Å². The maximum atomic E-state index is 13.3. The summed E-state index contributed by atoms with van der Waals surface area (Å²) in [5.41, 5.74) is -0.00710. The summed E-state index contributed by atoms with van der Waals surface area (Å²) in [6.45, 7) is 4.97. The average molecular weight is 379 g/mol. The van der Waals surface area contributed by atoms with Crippen LogP contribution in [0.4, 0.5) is 8.78 Å². The topological polar surface area (TPSA) is 67.2 Å². The van der Waals surface area contributed by atoms with E-state index in [1.807, 2.05) is 0 Å². The first-order valence-corrected chi connectivity index (χ1v) is 9.87. The van der Waals surface area contributed by atoms with Crippen LogP contribution in [0.1, 0.15) is 70.5 Å². The molecule has 1 aromatic heterocycles. The van der Waals surface area contributed by atoms with Crippen LogP contribution in [0.5, 0.6) is 0 Å². The molecule has 0 saturated heterocycles. The van der Waals surface area contributed by atoms with Crippen LogP contribution in [-0.2, 0) is 11.3 Å². The zero-order valence-corrected chi connectivity index (χ0v) is 15.9. The van der Waals surface area contributed by atoms with Gasteiger partial charge in [0.05, 0.1) is 11.1 Å². The maximum absolute atomic E-state index is 13.3. The number of carbonyl (C=O) groups is 1. The molecule has 5 fully saturated rings. The fourth-order valence-corrected chi connectivity index (χ4v) is 7.52. The van der Waals surface area contributed by atoms with E-state index in [0.29, 0.717) is 13.0 Å². The predicted octanol–water partition coefficient (Wildman–Crippen LogP) is 3.76. The highest BCUT2D eigenvalue weighted by Crippen LogP contribution is 2.70. The van der Waals surface area contributed by atoms with Crippen LogP contribution in [-0.4, -0.2) is 32.3 Å². The number of aromatic nitrogens is 2. The highest BCUT2D eigenvalue weighted by molar-refractivity contribution is 5.76. The summed E-state index contributed by atoms with van der Waals surface area (Å²) in [5.74, 6) is -3.29. The normalized spacial score (nSPS) is 46.6. The smallest absolute Gasteiger partial charge is 0.309 e. The van der Waals surface area contributed by atoms with Gasteiger partial charge >= 0.3 is 5.97 Å². The first-order chi connectivity index (χ1) is 12.5. The van der Waals surface area contributed by atoms with E-state index in [9.17, 15) is 18.7 Å². The lowest BCUT2D eigenvalue weighted by molar-refractivity contribution is -0.194. The molecule has 27 heavy (non-hydrogen) atoms. The molecule has 0 amide bonds. The average Bonchev–Trinajstić information content (AvgIpc) is 2.92. The number of alkyl halides is 2. The first kappa shape index (κ1) is 17.6. The summed E-state index contributed by atoms with van der Waals surface area (Å²) in [5, 5.41) is 18.0. The quantitative estimate of drug-likeness (QED) is 0.818. The fourth-order valence-electron chi connectivity index (χ4n) is 7.52. The minimum absolute atomic E-state index is 0.0460. The Morgan fingerprint density at radius 1 is 1.22 bits per heavy atom. The minimum Gasteiger partial charge on any atom is -0.481 e. The van der Waals surface area contributed by atoms with Gasteiger partial charge < -0.3 is 10.4 Å². The Hall–Kier alpha value is -1.50. The van der Waals surface area contributed by atoms with Crippen molar-refractivity contribution in [2.45, 2.75) is 82.8 Å². The van der Waals surface area contributed by atoms with Crippen molar-refractivity contribution in [3.8, 4) is 0 Å². The van der Waals surface area contributed by atoms with Gasteiger partial charge in [0.15, 0.2) is 0 Å². The van der Waals surface area contributed by atoms with Crippen molar-refractivity contribution in [1.29, 1.82) is 0 Å². The number of hydrogen-bond acceptors (Lipinski definition) is 3. The van der Waals surface area contributed by atoms with Crippen molar-refractivity contribution in [2.24, 2.45) is 16.2 Å². The Balaban J connectivity index is 1.36. The predicted molar refractivity (Wildman–Crippen MR) is 94.4 cm³/mol. The van der Waals surface area contributed by atoms with Crippen LogP contribution < -0.4 is 5.32 Å². The second-order valence-electron chi connectivity index (χ2n) is 10.7. The SMILES string of the molecule is CC12CC3(C)CC(NCc4ccn(C5CC5(F)F)n4)(C1)CC(C(=O)O)(C2)C3. The fraction of sp³-hybridized carbons (Fsp3) is 0.800. The number of nitrogens with zero attached hydrogens (tertiary/aromatic N) is 2. The van der Waals surface area contributed by atoms with Gasteiger partial charge in [0.2, 0.25) is 0 Å². The number of aliphatic carboxylic acids is 1. The number of nitrogens with one attached hydrogen (secondary N) is 1. The molecule has 0 aliphatic heterocycles. The van der Waals surface area contributed by atoms with E-state index in [1.165, 1.54) is 4.68 Å². The van der Waals surface area contributed by atoms with Crippen LogP contribution in [0.25, 0.3) is 0 Å². The molecular formula is C20H27F2N3O2. The van der Waals surface area contributed by atoms with E-state index in [4.69, 9.17) is 0 Å². The largest absolute Gasteiger partial charge is 0.481 e. The maximum Gasteiger partial charge on any atom is 0.309 e. The Labute approximate surface area is 157 Å². The lowest BCUT2D eigenvalue weighted by Crippen LogP contribution is -2.68. The third-order valence-electron chi connectivity index (χ3n) is 7.46. The Morgan fingerprint density at radius 2 is 1.85 bits per heavy atom. The summed E-state index contributed by atoms with van der Waals surface area (Å²) in [4.78, 5) is 12.2. The van der Waals surface area contributed by atoms with Gasteiger partial charge in [0.25, 0.3) is 5.92 Å². The molecule has 0 radical (unpaired) electrons. The van der Waals surface area contributed by atoms with E-state index in [-0.39, 0.29) is 22.8 Å². The third-order valence-corrected chi connectivity index (χ3v) is 7.46. The number of carboxylic acid groups (broad SMARTS) is 1. The molecule has 1 heterocycles. The van der Waals surface area contributed by atoms with Crippen molar-refractivity contribution >= 4 is 5.97 Å². The van der Waals surface area contributed by atoms with E-state index in [0.717, 1.165) is 37.8 Å². The van der Waals surface area contributed by atoms with Crippen molar-refractivity contribution in [2.75, 3.05) is 0 Å². The second kappa shape index (κ2) is 4.91. The molecule has 148 valence electrons. The molecule has 5 aliphatic rings. The van der Waals surface area contributed by atoms with Crippen molar-refractivity contribution in [3.05, 3.63) is 18.0 Å². The van der Waals surface area contributed by atoms with Crippen LogP contribution >= 0.6 is 0 Å². The highest BCUT2D eigenvalue weighted by atomic mass is 19.3. The number of hydrogen-bond donors (Lipinski definition) is 2. The second-order valence-corrected chi connectivity index (χ2v) is 10.7. The van der Waals surface area contributed by atoms with Gasteiger partial charge in [-0.15, -0.1) is 0 Å². The summed E-state index contributed by atoms with van der Waals surface area (Å²) >= 11 is 0. The van der Waals surface area contributed by atoms with Crippen molar-refractivity contribution < 1.29 is 18.7 Å². The monoisotopic (exact) mass is 379 g/mol. The van der Waals surface area contributed by atoms with Gasteiger partial charge in [0, 0.05) is 24.7 Å². The third kappa shape index (κ3) is 2.64. The van der Waals surface area contributed by atoms with Crippen LogP contribution in [0.15, 0.2) is 12.3 Å². The summed E-state index contributed by atoms with van der Waals surface area (Å²) in [7, 11) is 0. The molecule has 6 rings (SSSR count). The molecule has 5 nitrogen and oxygen atoms in total. The van der Waals surface area contributed by atoms with Crippen molar-refractivity contribution in [1.82, 2.24) is 15.1 Å². The summed E-state index contributed by atoms with van der Waals surface area (Å²) < 4.78 is 27.9. The Morgan fingerprint density at radius 3 is 2.41 bits per heavy atom. The molecule has 1 aromatic rings. The van der Waals surface area contributed by atoms with Gasteiger partial charge in [-0.1, -0.05) is 13.8 Å². The standard InChI is InChI=1S/C20H27F2N3O2/c1-16-7-17(2)9-18(8-16,15(26)27)12-19(10-16,11-17)23-6-13-3-4-25(24-13)14-5-20(14,21)22/h3-4,14,23H,5-12H2,1-2H3,(H,26,27). The van der Waals surface area contributed by atoms with Gasteiger partial charge in [-0.2, -0.15) is 5.10 Å². The molecule has 0 spiro atoms. The van der Waals surface area contributed by atoms with Crippen LogP contribution in [0, 0.1) is 16.2 Å². The Bertz CT molecular complexity index is 802. The molecule has 4 bridgehead atoms. The molecule has 7 heteroatoms. The van der Waals surface area contributed by atoms with Crippen molar-refractivity contribution in [3.63, 3.8) is 0 Å². The van der Waals surface area contributed by atoms with Crippen LogP contribution in [0.3, 0.4) is 0 Å². The van der Waals surface area contributed by atoms with Crippen LogP contribution in [0.2, 0.25) is 0 Å². The number of halogens is 2. The van der Waals surface area contributed by atoms with Gasteiger partial charge in [-0.3, -0.25) is 9.48 Å². The summed E-state index contributed by atoms with van der Waals surface area (Å²) in [6, 6.07) is 0.983. The molecule has 0 aromatic carbocycles. The summed E-state index contributed by atoms with van der Waals surface area (Å²) in [6.07, 6.45) is 6.72. The van der Waals surface area contributed by atoms with E-state index >= 15 is 0 Å².